The van der Waals surface area contributed by atoms with Crippen molar-refractivity contribution in [3.63, 3.8) is 0 Å². The molecule has 10 nitrogen and oxygen atoms in total. The van der Waals surface area contributed by atoms with Crippen molar-refractivity contribution in [2.75, 3.05) is 12.3 Å². The molecule has 0 aliphatic rings. The Balaban J connectivity index is 5.27. The average Bonchev–Trinajstić information content (AvgIpc) is 2.65. The summed E-state index contributed by atoms with van der Waals surface area (Å²) in [7, 11) is 0. The van der Waals surface area contributed by atoms with Gasteiger partial charge in [0, 0.05) is 5.75 Å². The van der Waals surface area contributed by atoms with Gasteiger partial charge in [0.15, 0.2) is 0 Å². The molecule has 0 heterocycles. The summed E-state index contributed by atoms with van der Waals surface area (Å²) in [5, 5.41) is 16.6. The third-order valence-electron chi connectivity index (χ3n) is 4.18. The van der Waals surface area contributed by atoms with Crippen LogP contribution in [0.1, 0.15) is 46.5 Å². The van der Waals surface area contributed by atoms with Crippen LogP contribution in [0.4, 0.5) is 0 Å². The second-order valence-corrected chi connectivity index (χ2v) is 7.76. The molecular weight excluding hydrogens is 398 g/mol. The Morgan fingerprint density at radius 2 is 1.48 bits per heavy atom. The largest absolute Gasteiger partial charge is 0.480 e. The molecule has 0 aromatic carbocycles. The molecule has 0 radical (unpaired) electrons. The van der Waals surface area contributed by atoms with Gasteiger partial charge >= 0.3 is 5.97 Å². The van der Waals surface area contributed by atoms with E-state index in [4.69, 9.17) is 16.6 Å². The molecule has 0 saturated heterocycles. The molecule has 11 heteroatoms. The van der Waals surface area contributed by atoms with Crippen molar-refractivity contribution in [2.45, 2.75) is 70.6 Å². The predicted molar refractivity (Wildman–Crippen MR) is 113 cm³/mol. The quantitative estimate of drug-likeness (QED) is 0.135. The number of nitrogens with two attached hydrogens (primary N) is 2. The highest BCUT2D eigenvalue weighted by atomic mass is 32.1. The van der Waals surface area contributed by atoms with Gasteiger partial charge in [-0.3, -0.25) is 19.2 Å². The summed E-state index contributed by atoms with van der Waals surface area (Å²) in [4.78, 5) is 48.3. The van der Waals surface area contributed by atoms with Crippen LogP contribution in [0, 0.1) is 5.92 Å². The minimum Gasteiger partial charge on any atom is -0.480 e. The second kappa shape index (κ2) is 14.2. The van der Waals surface area contributed by atoms with E-state index in [-0.39, 0.29) is 11.7 Å². The maximum Gasteiger partial charge on any atom is 0.325 e. The van der Waals surface area contributed by atoms with Gasteiger partial charge in [0.25, 0.3) is 0 Å². The molecule has 0 aromatic heterocycles. The average molecular weight is 434 g/mol. The lowest BCUT2D eigenvalue weighted by atomic mass is 10.0. The molecule has 0 rings (SSSR count). The summed E-state index contributed by atoms with van der Waals surface area (Å²) in [5.74, 6) is -2.65. The Morgan fingerprint density at radius 1 is 0.931 bits per heavy atom. The highest BCUT2D eigenvalue weighted by Crippen LogP contribution is 2.08. The zero-order valence-electron chi connectivity index (χ0n) is 17.3. The lowest BCUT2D eigenvalue weighted by Crippen LogP contribution is -2.57. The van der Waals surface area contributed by atoms with Gasteiger partial charge in [-0.15, -0.1) is 0 Å². The minimum atomic E-state index is -1.18. The molecule has 0 aromatic rings. The van der Waals surface area contributed by atoms with Gasteiger partial charge < -0.3 is 32.5 Å². The monoisotopic (exact) mass is 433 g/mol. The van der Waals surface area contributed by atoms with Crippen LogP contribution >= 0.6 is 12.6 Å². The number of carboxylic acids is 1. The summed E-state index contributed by atoms with van der Waals surface area (Å²) < 4.78 is 0. The molecule has 0 bridgehead atoms. The summed E-state index contributed by atoms with van der Waals surface area (Å²) >= 11 is 3.98. The van der Waals surface area contributed by atoms with Gasteiger partial charge in [-0.05, 0) is 45.1 Å². The number of thiol groups is 1. The number of aliphatic carboxylic acids is 1. The lowest BCUT2D eigenvalue weighted by Gasteiger charge is -2.25. The first-order valence-corrected chi connectivity index (χ1v) is 10.4. The van der Waals surface area contributed by atoms with E-state index in [1.807, 2.05) is 13.8 Å². The zero-order chi connectivity index (χ0) is 22.6. The van der Waals surface area contributed by atoms with E-state index in [9.17, 15) is 19.2 Å². The number of carbonyl (C=O) groups excluding carboxylic acids is 3. The summed E-state index contributed by atoms with van der Waals surface area (Å²) in [6.45, 7) is 5.53. The van der Waals surface area contributed by atoms with Crippen LogP contribution in [-0.2, 0) is 19.2 Å². The van der Waals surface area contributed by atoms with E-state index in [0.29, 0.717) is 32.2 Å². The number of carboxylic acid groups (broad SMARTS) is 1. The molecule has 0 aliphatic carbocycles. The SMILES string of the molecule is CC(C)CC(NC(=O)C(CCCCN)NC(=O)C(N)CS)C(=O)NC(C)C(=O)O. The maximum absolute atomic E-state index is 12.8. The van der Waals surface area contributed by atoms with Gasteiger partial charge in [0.1, 0.15) is 18.1 Å². The van der Waals surface area contributed by atoms with Crippen molar-refractivity contribution >= 4 is 36.3 Å². The predicted octanol–water partition coefficient (Wildman–Crippen LogP) is -1.02. The molecule has 8 N–H and O–H groups in total. The Morgan fingerprint density at radius 3 is 1.97 bits per heavy atom. The van der Waals surface area contributed by atoms with Crippen LogP contribution in [0.5, 0.6) is 0 Å². The van der Waals surface area contributed by atoms with E-state index in [0.717, 1.165) is 0 Å². The van der Waals surface area contributed by atoms with Crippen molar-refractivity contribution in [3.8, 4) is 0 Å². The molecule has 29 heavy (non-hydrogen) atoms. The van der Waals surface area contributed by atoms with Crippen molar-refractivity contribution in [1.29, 1.82) is 0 Å². The minimum absolute atomic E-state index is 0.0640. The van der Waals surface area contributed by atoms with E-state index >= 15 is 0 Å². The molecule has 3 amide bonds. The van der Waals surface area contributed by atoms with Gasteiger partial charge in [0.2, 0.25) is 17.7 Å². The molecule has 168 valence electrons. The molecule has 0 saturated carbocycles. The van der Waals surface area contributed by atoms with E-state index in [2.05, 4.69) is 28.6 Å². The number of rotatable bonds is 14. The normalized spacial score (nSPS) is 15.1. The molecular formula is C18H35N5O5S. The fourth-order valence-corrected chi connectivity index (χ4v) is 2.64. The van der Waals surface area contributed by atoms with Crippen molar-refractivity contribution in [1.82, 2.24) is 16.0 Å². The first-order valence-electron chi connectivity index (χ1n) is 9.73. The van der Waals surface area contributed by atoms with Crippen molar-refractivity contribution in [3.05, 3.63) is 0 Å². The highest BCUT2D eigenvalue weighted by Gasteiger charge is 2.29. The topological polar surface area (TPSA) is 177 Å². The van der Waals surface area contributed by atoms with Crippen LogP contribution in [0.2, 0.25) is 0 Å². The Bertz CT molecular complexity index is 561. The van der Waals surface area contributed by atoms with Gasteiger partial charge in [-0.25, -0.2) is 0 Å². The maximum atomic E-state index is 12.8. The molecule has 0 aliphatic heterocycles. The van der Waals surface area contributed by atoms with E-state index in [1.54, 1.807) is 0 Å². The molecule has 4 unspecified atom stereocenters. The van der Waals surface area contributed by atoms with Crippen LogP contribution in [0.15, 0.2) is 0 Å². The summed E-state index contributed by atoms with van der Waals surface area (Å²) in [6, 6.07) is -3.78. The molecule has 4 atom stereocenters. The van der Waals surface area contributed by atoms with Crippen molar-refractivity contribution in [2.24, 2.45) is 17.4 Å². The zero-order valence-corrected chi connectivity index (χ0v) is 18.2. The van der Waals surface area contributed by atoms with Gasteiger partial charge in [0.05, 0.1) is 6.04 Å². The fourth-order valence-electron chi connectivity index (χ4n) is 2.47. The first-order chi connectivity index (χ1) is 13.5. The highest BCUT2D eigenvalue weighted by molar-refractivity contribution is 7.80. The Hall–Kier alpha value is -1.85. The molecule has 0 spiro atoms. The first kappa shape index (κ1) is 27.1. The third kappa shape index (κ3) is 11.1. The Kier molecular flexibility index (Phi) is 13.3. The third-order valence-corrected chi connectivity index (χ3v) is 4.58. The smallest absolute Gasteiger partial charge is 0.325 e. The number of nitrogens with one attached hydrogen (secondary N) is 3. The van der Waals surface area contributed by atoms with Gasteiger partial charge in [-0.1, -0.05) is 13.8 Å². The van der Waals surface area contributed by atoms with Crippen molar-refractivity contribution < 1.29 is 24.3 Å². The number of carbonyl (C=O) groups is 4. The van der Waals surface area contributed by atoms with Crippen LogP contribution < -0.4 is 27.4 Å². The number of hydrogen-bond acceptors (Lipinski definition) is 7. The number of amides is 3. The van der Waals surface area contributed by atoms with E-state index < -0.39 is 47.9 Å². The van der Waals surface area contributed by atoms with Crippen LogP contribution in [0.3, 0.4) is 0 Å². The standard InChI is InChI=1S/C18H35N5O5S/c1-10(2)8-14(17(26)21-11(3)18(27)28)23-16(25)13(6-4-5-7-19)22-15(24)12(20)9-29/h10-14,29H,4-9,19-20H2,1-3H3,(H,21,26)(H,22,24)(H,23,25)(H,27,28). The fraction of sp³-hybridized carbons (Fsp3) is 0.778. The summed E-state index contributed by atoms with van der Waals surface area (Å²) in [6.07, 6.45) is 1.91. The number of unbranched alkanes of at least 4 members (excludes halogenated alkanes) is 1. The molecule has 0 fully saturated rings. The van der Waals surface area contributed by atoms with Gasteiger partial charge in [-0.2, -0.15) is 12.6 Å². The Labute approximate surface area is 177 Å². The van der Waals surface area contributed by atoms with Crippen LogP contribution in [-0.4, -0.2) is 65.3 Å². The lowest BCUT2D eigenvalue weighted by molar-refractivity contribution is -0.142. The van der Waals surface area contributed by atoms with Crippen LogP contribution in [0.25, 0.3) is 0 Å². The number of hydrogen-bond donors (Lipinski definition) is 7. The second-order valence-electron chi connectivity index (χ2n) is 7.39. The van der Waals surface area contributed by atoms with E-state index in [1.165, 1.54) is 6.92 Å². The summed E-state index contributed by atoms with van der Waals surface area (Å²) in [5.41, 5.74) is 11.1.